The quantitative estimate of drug-likeness (QED) is 0.342. The lowest BCUT2D eigenvalue weighted by molar-refractivity contribution is -0.143. The van der Waals surface area contributed by atoms with Crippen molar-refractivity contribution in [2.75, 3.05) is 13.7 Å². The molecule has 0 saturated carbocycles. The fraction of sp³-hybridized carbons (Fsp3) is 0.308. The van der Waals surface area contributed by atoms with Gasteiger partial charge in [0.1, 0.15) is 6.29 Å². The lowest BCUT2D eigenvalue weighted by atomic mass is 10.2. The van der Waals surface area contributed by atoms with Crippen LogP contribution >= 0.6 is 11.8 Å². The first-order chi connectivity index (χ1) is 9.13. The van der Waals surface area contributed by atoms with E-state index in [0.717, 1.165) is 11.8 Å². The number of esters is 2. The van der Waals surface area contributed by atoms with Gasteiger partial charge in [-0.05, 0) is 19.1 Å². The minimum absolute atomic E-state index is 0.197. The van der Waals surface area contributed by atoms with Crippen molar-refractivity contribution in [1.82, 2.24) is 0 Å². The molecule has 0 spiro atoms. The van der Waals surface area contributed by atoms with Crippen molar-refractivity contribution in [3.63, 3.8) is 0 Å². The molecule has 19 heavy (non-hydrogen) atoms. The Balaban J connectivity index is 2.94. The molecule has 0 aliphatic carbocycles. The number of carbonyl (C=O) groups is 3. The topological polar surface area (TPSA) is 69.7 Å². The molecule has 1 rings (SSSR count). The van der Waals surface area contributed by atoms with Crippen LogP contribution in [0.4, 0.5) is 0 Å². The first kappa shape index (κ1) is 15.2. The normalized spacial score (nSPS) is 11.5. The molecule has 1 aromatic carbocycles. The molecule has 0 radical (unpaired) electrons. The second-order valence-corrected chi connectivity index (χ2v) is 4.60. The second-order valence-electron chi connectivity index (χ2n) is 3.41. The van der Waals surface area contributed by atoms with Crippen LogP contribution in [0, 0.1) is 0 Å². The van der Waals surface area contributed by atoms with Gasteiger partial charge in [0.15, 0.2) is 5.25 Å². The maximum absolute atomic E-state index is 11.6. The molecule has 0 aliphatic rings. The first-order valence-electron chi connectivity index (χ1n) is 5.60. The molecule has 1 atom stereocenters. The zero-order chi connectivity index (χ0) is 14.3. The lowest BCUT2D eigenvalue weighted by Gasteiger charge is -2.11. The molecule has 0 aromatic heterocycles. The van der Waals surface area contributed by atoms with E-state index in [4.69, 9.17) is 4.74 Å². The lowest BCUT2D eigenvalue weighted by Crippen LogP contribution is -2.22. The summed E-state index contributed by atoms with van der Waals surface area (Å²) in [6, 6.07) is 6.60. The second kappa shape index (κ2) is 7.58. The molecule has 0 heterocycles. The zero-order valence-corrected chi connectivity index (χ0v) is 11.4. The van der Waals surface area contributed by atoms with Crippen molar-refractivity contribution in [1.29, 1.82) is 0 Å². The number of methoxy groups -OCH3 is 1. The molecule has 1 aromatic rings. The van der Waals surface area contributed by atoms with Gasteiger partial charge in [-0.3, -0.25) is 4.79 Å². The number of hydrogen-bond donors (Lipinski definition) is 0. The van der Waals surface area contributed by atoms with E-state index in [2.05, 4.69) is 4.74 Å². The van der Waals surface area contributed by atoms with Crippen LogP contribution in [0.2, 0.25) is 0 Å². The average Bonchev–Trinajstić information content (AvgIpc) is 2.44. The number of aldehydes is 1. The summed E-state index contributed by atoms with van der Waals surface area (Å²) < 4.78 is 9.43. The molecule has 0 saturated heterocycles. The molecule has 0 bridgehead atoms. The van der Waals surface area contributed by atoms with Gasteiger partial charge in [0.05, 0.1) is 19.3 Å². The van der Waals surface area contributed by atoms with Gasteiger partial charge >= 0.3 is 11.9 Å². The van der Waals surface area contributed by atoms with E-state index in [1.165, 1.54) is 7.11 Å². The summed E-state index contributed by atoms with van der Waals surface area (Å²) in [6.07, 6.45) is 0.497. The van der Waals surface area contributed by atoms with Crippen LogP contribution in [0.1, 0.15) is 17.3 Å². The van der Waals surface area contributed by atoms with Crippen molar-refractivity contribution in [2.24, 2.45) is 0 Å². The van der Waals surface area contributed by atoms with Crippen LogP contribution in [0.5, 0.6) is 0 Å². The Morgan fingerprint density at radius 2 is 2.05 bits per heavy atom. The minimum Gasteiger partial charge on any atom is -0.465 e. The standard InChI is InChI=1S/C13H14O5S/c1-3-18-13(16)11(8-14)19-10-7-5-4-6-9(10)12(15)17-2/h4-8,11H,3H2,1-2H3. The first-order valence-corrected chi connectivity index (χ1v) is 6.48. The molecule has 5 nitrogen and oxygen atoms in total. The number of benzene rings is 1. The Morgan fingerprint density at radius 3 is 2.63 bits per heavy atom. The molecular weight excluding hydrogens is 268 g/mol. The van der Waals surface area contributed by atoms with Crippen LogP contribution in [0.15, 0.2) is 29.2 Å². The van der Waals surface area contributed by atoms with Gasteiger partial charge in [0, 0.05) is 4.90 Å². The van der Waals surface area contributed by atoms with Crippen LogP contribution in [0.25, 0.3) is 0 Å². The molecule has 0 N–H and O–H groups in total. The van der Waals surface area contributed by atoms with Crippen LogP contribution in [-0.4, -0.2) is 37.2 Å². The molecule has 6 heteroatoms. The minimum atomic E-state index is -0.995. The Labute approximate surface area is 115 Å². The predicted molar refractivity (Wildman–Crippen MR) is 70.1 cm³/mol. The molecule has 0 fully saturated rings. The Morgan fingerprint density at radius 1 is 1.37 bits per heavy atom. The molecular formula is C13H14O5S. The Kier molecular flexibility index (Phi) is 6.08. The van der Waals surface area contributed by atoms with Gasteiger partial charge in [-0.15, -0.1) is 11.8 Å². The highest BCUT2D eigenvalue weighted by Crippen LogP contribution is 2.27. The maximum atomic E-state index is 11.6. The van der Waals surface area contributed by atoms with Crippen molar-refractivity contribution >= 4 is 30.0 Å². The van der Waals surface area contributed by atoms with Gasteiger partial charge in [-0.25, -0.2) is 4.79 Å². The van der Waals surface area contributed by atoms with E-state index in [-0.39, 0.29) is 6.61 Å². The summed E-state index contributed by atoms with van der Waals surface area (Å²) in [5, 5.41) is -0.995. The third-order valence-electron chi connectivity index (χ3n) is 2.19. The number of thioether (sulfide) groups is 1. The van der Waals surface area contributed by atoms with Gasteiger partial charge in [0.2, 0.25) is 0 Å². The van der Waals surface area contributed by atoms with E-state index < -0.39 is 17.2 Å². The predicted octanol–water partition coefficient (Wildman–Crippen LogP) is 1.70. The highest BCUT2D eigenvalue weighted by molar-refractivity contribution is 8.01. The zero-order valence-electron chi connectivity index (χ0n) is 10.6. The van der Waals surface area contributed by atoms with E-state index in [1.807, 2.05) is 0 Å². The smallest absolute Gasteiger partial charge is 0.338 e. The third-order valence-corrected chi connectivity index (χ3v) is 3.36. The molecule has 0 amide bonds. The molecule has 102 valence electrons. The summed E-state index contributed by atoms with van der Waals surface area (Å²) in [6.45, 7) is 1.86. The Bertz CT molecular complexity index is 472. The highest BCUT2D eigenvalue weighted by Gasteiger charge is 2.23. The summed E-state index contributed by atoms with van der Waals surface area (Å²) >= 11 is 0.964. The SMILES string of the molecule is CCOC(=O)C(C=O)Sc1ccccc1C(=O)OC. The highest BCUT2D eigenvalue weighted by atomic mass is 32.2. The van der Waals surface area contributed by atoms with Gasteiger partial charge in [-0.1, -0.05) is 12.1 Å². The average molecular weight is 282 g/mol. The molecule has 0 aliphatic heterocycles. The van der Waals surface area contributed by atoms with Crippen LogP contribution in [0.3, 0.4) is 0 Å². The van der Waals surface area contributed by atoms with Crippen LogP contribution < -0.4 is 0 Å². The molecule has 1 unspecified atom stereocenters. The summed E-state index contributed by atoms with van der Waals surface area (Å²) in [7, 11) is 1.27. The maximum Gasteiger partial charge on any atom is 0.338 e. The number of ether oxygens (including phenoxy) is 2. The van der Waals surface area contributed by atoms with E-state index in [1.54, 1.807) is 31.2 Å². The van der Waals surface area contributed by atoms with Crippen molar-refractivity contribution in [3.8, 4) is 0 Å². The van der Waals surface area contributed by atoms with Gasteiger partial charge in [0.25, 0.3) is 0 Å². The monoisotopic (exact) mass is 282 g/mol. The van der Waals surface area contributed by atoms with E-state index >= 15 is 0 Å². The van der Waals surface area contributed by atoms with Crippen LogP contribution in [-0.2, 0) is 19.1 Å². The Hall–Kier alpha value is -1.82. The fourth-order valence-corrected chi connectivity index (χ4v) is 2.27. The summed E-state index contributed by atoms with van der Waals surface area (Å²) in [5.41, 5.74) is 0.311. The van der Waals surface area contributed by atoms with Crippen molar-refractivity contribution in [3.05, 3.63) is 29.8 Å². The van der Waals surface area contributed by atoms with Crippen molar-refractivity contribution < 1.29 is 23.9 Å². The summed E-state index contributed by atoms with van der Waals surface area (Å²) in [5.74, 6) is -1.14. The third kappa shape index (κ3) is 4.10. The summed E-state index contributed by atoms with van der Waals surface area (Å²) in [4.78, 5) is 34.5. The van der Waals surface area contributed by atoms with Crippen molar-refractivity contribution in [2.45, 2.75) is 17.1 Å². The van der Waals surface area contributed by atoms with E-state index in [9.17, 15) is 14.4 Å². The number of carbonyl (C=O) groups excluding carboxylic acids is 3. The van der Waals surface area contributed by atoms with Gasteiger partial charge < -0.3 is 14.3 Å². The van der Waals surface area contributed by atoms with Gasteiger partial charge in [-0.2, -0.15) is 0 Å². The largest absolute Gasteiger partial charge is 0.465 e. The number of hydrogen-bond acceptors (Lipinski definition) is 6. The number of rotatable bonds is 6. The fourth-order valence-electron chi connectivity index (χ4n) is 1.34. The van der Waals surface area contributed by atoms with E-state index in [0.29, 0.717) is 16.7 Å².